The molecule has 0 saturated heterocycles. The standard InChI is InChI=1S/C19H23FN2O/c1-14-12-16(6-10-18(14)22(2)3)13-21-19(23)11-7-15-4-8-17(20)9-5-15/h4-6,8-10,12H,7,11,13H2,1-3H3,(H,21,23). The maximum atomic E-state index is 12.8. The Bertz CT molecular complexity index is 666. The van der Waals surface area contributed by atoms with Crippen LogP contribution in [0.25, 0.3) is 0 Å². The van der Waals surface area contributed by atoms with Gasteiger partial charge in [0.1, 0.15) is 5.82 Å². The molecular weight excluding hydrogens is 291 g/mol. The van der Waals surface area contributed by atoms with Crippen LogP contribution in [0.15, 0.2) is 42.5 Å². The van der Waals surface area contributed by atoms with E-state index in [1.807, 2.05) is 20.2 Å². The van der Waals surface area contributed by atoms with E-state index in [1.54, 1.807) is 12.1 Å². The Labute approximate surface area is 137 Å². The van der Waals surface area contributed by atoms with Crippen molar-refractivity contribution < 1.29 is 9.18 Å². The van der Waals surface area contributed by atoms with Gasteiger partial charge in [-0.05, 0) is 48.2 Å². The molecular formula is C19H23FN2O. The first-order chi connectivity index (χ1) is 11.0. The summed E-state index contributed by atoms with van der Waals surface area (Å²) >= 11 is 0. The van der Waals surface area contributed by atoms with E-state index < -0.39 is 0 Å². The van der Waals surface area contributed by atoms with Crippen LogP contribution in [0.1, 0.15) is 23.1 Å². The Morgan fingerprint density at radius 3 is 2.35 bits per heavy atom. The van der Waals surface area contributed by atoms with Crippen LogP contribution in [0.3, 0.4) is 0 Å². The fourth-order valence-electron chi connectivity index (χ4n) is 2.53. The molecule has 1 N–H and O–H groups in total. The molecule has 2 aromatic carbocycles. The topological polar surface area (TPSA) is 32.3 Å². The number of nitrogens with zero attached hydrogens (tertiary/aromatic N) is 1. The summed E-state index contributed by atoms with van der Waals surface area (Å²) < 4.78 is 12.8. The predicted molar refractivity (Wildman–Crippen MR) is 92.1 cm³/mol. The van der Waals surface area contributed by atoms with Gasteiger partial charge in [-0.25, -0.2) is 4.39 Å². The number of hydrogen-bond acceptors (Lipinski definition) is 2. The molecule has 1 amide bonds. The molecule has 0 fully saturated rings. The Hall–Kier alpha value is -2.36. The zero-order valence-corrected chi connectivity index (χ0v) is 13.9. The molecule has 0 radical (unpaired) electrons. The Kier molecular flexibility index (Phi) is 5.74. The molecule has 0 aliphatic heterocycles. The average Bonchev–Trinajstić information content (AvgIpc) is 2.52. The van der Waals surface area contributed by atoms with E-state index in [-0.39, 0.29) is 11.7 Å². The number of aryl methyl sites for hydroxylation is 2. The maximum Gasteiger partial charge on any atom is 0.220 e. The maximum absolute atomic E-state index is 12.8. The van der Waals surface area contributed by atoms with Crippen molar-refractivity contribution in [3.05, 3.63) is 65.0 Å². The molecule has 2 aromatic rings. The number of halogens is 1. The minimum atomic E-state index is -0.255. The smallest absolute Gasteiger partial charge is 0.220 e. The highest BCUT2D eigenvalue weighted by molar-refractivity contribution is 5.76. The Morgan fingerprint density at radius 2 is 1.74 bits per heavy atom. The summed E-state index contributed by atoms with van der Waals surface area (Å²) in [7, 11) is 4.03. The van der Waals surface area contributed by atoms with Crippen molar-refractivity contribution in [3.8, 4) is 0 Å². The lowest BCUT2D eigenvalue weighted by Gasteiger charge is -2.16. The van der Waals surface area contributed by atoms with Crippen molar-refractivity contribution in [2.75, 3.05) is 19.0 Å². The van der Waals surface area contributed by atoms with E-state index in [2.05, 4.69) is 29.3 Å². The van der Waals surface area contributed by atoms with Gasteiger partial charge in [-0.1, -0.05) is 24.3 Å². The van der Waals surface area contributed by atoms with Gasteiger partial charge in [0.25, 0.3) is 0 Å². The highest BCUT2D eigenvalue weighted by Gasteiger charge is 2.05. The van der Waals surface area contributed by atoms with Crippen LogP contribution in [0.2, 0.25) is 0 Å². The third kappa shape index (κ3) is 5.09. The fraction of sp³-hybridized carbons (Fsp3) is 0.316. The predicted octanol–water partition coefficient (Wildman–Crippen LogP) is 3.45. The third-order valence-corrected chi connectivity index (χ3v) is 3.79. The lowest BCUT2D eigenvalue weighted by atomic mass is 10.1. The van der Waals surface area contributed by atoms with Crippen LogP contribution in [0.5, 0.6) is 0 Å². The van der Waals surface area contributed by atoms with E-state index in [1.165, 1.54) is 23.4 Å². The van der Waals surface area contributed by atoms with E-state index >= 15 is 0 Å². The lowest BCUT2D eigenvalue weighted by Crippen LogP contribution is -2.23. The molecule has 0 aromatic heterocycles. The van der Waals surface area contributed by atoms with Crippen LogP contribution >= 0.6 is 0 Å². The van der Waals surface area contributed by atoms with E-state index in [4.69, 9.17) is 0 Å². The number of nitrogens with one attached hydrogen (secondary N) is 1. The summed E-state index contributed by atoms with van der Waals surface area (Å²) in [4.78, 5) is 14.0. The van der Waals surface area contributed by atoms with Gasteiger partial charge < -0.3 is 10.2 Å². The van der Waals surface area contributed by atoms with Crippen molar-refractivity contribution in [2.45, 2.75) is 26.3 Å². The number of rotatable bonds is 6. The van der Waals surface area contributed by atoms with Crippen LogP contribution in [0.4, 0.5) is 10.1 Å². The minimum absolute atomic E-state index is 0.00339. The van der Waals surface area contributed by atoms with Gasteiger partial charge in [-0.2, -0.15) is 0 Å². The van der Waals surface area contributed by atoms with E-state index in [0.717, 1.165) is 11.1 Å². The summed E-state index contributed by atoms with van der Waals surface area (Å²) in [5.41, 5.74) is 4.42. The molecule has 0 atom stereocenters. The fourth-order valence-corrected chi connectivity index (χ4v) is 2.53. The van der Waals surface area contributed by atoms with Gasteiger partial charge in [0.15, 0.2) is 0 Å². The number of carbonyl (C=O) groups excluding carboxylic acids is 1. The summed E-state index contributed by atoms with van der Waals surface area (Å²) in [6.45, 7) is 2.59. The lowest BCUT2D eigenvalue weighted by molar-refractivity contribution is -0.121. The van der Waals surface area contributed by atoms with Gasteiger partial charge in [0.05, 0.1) is 0 Å². The number of benzene rings is 2. The summed E-state index contributed by atoms with van der Waals surface area (Å²) in [6, 6.07) is 12.5. The molecule has 3 nitrogen and oxygen atoms in total. The number of amides is 1. The van der Waals surface area contributed by atoms with Crippen molar-refractivity contribution in [3.63, 3.8) is 0 Å². The Morgan fingerprint density at radius 1 is 1.09 bits per heavy atom. The van der Waals surface area contributed by atoms with Crippen LogP contribution in [-0.2, 0) is 17.8 Å². The molecule has 23 heavy (non-hydrogen) atoms. The summed E-state index contributed by atoms with van der Waals surface area (Å²) in [6.07, 6.45) is 1.02. The zero-order chi connectivity index (χ0) is 16.8. The van der Waals surface area contributed by atoms with Crippen molar-refractivity contribution in [1.82, 2.24) is 5.32 Å². The molecule has 4 heteroatoms. The molecule has 122 valence electrons. The van der Waals surface area contributed by atoms with Crippen LogP contribution < -0.4 is 10.2 Å². The third-order valence-electron chi connectivity index (χ3n) is 3.79. The molecule has 0 unspecified atom stereocenters. The highest BCUT2D eigenvalue weighted by Crippen LogP contribution is 2.18. The number of carbonyl (C=O) groups is 1. The quantitative estimate of drug-likeness (QED) is 0.886. The monoisotopic (exact) mass is 314 g/mol. The van der Waals surface area contributed by atoms with Gasteiger partial charge in [-0.3, -0.25) is 4.79 Å². The van der Waals surface area contributed by atoms with Crippen LogP contribution in [-0.4, -0.2) is 20.0 Å². The highest BCUT2D eigenvalue weighted by atomic mass is 19.1. The first kappa shape index (κ1) is 17.0. The number of anilines is 1. The van der Waals surface area contributed by atoms with Crippen molar-refractivity contribution in [2.24, 2.45) is 0 Å². The molecule has 0 aliphatic carbocycles. The minimum Gasteiger partial charge on any atom is -0.377 e. The van der Waals surface area contributed by atoms with E-state index in [9.17, 15) is 9.18 Å². The molecule has 0 saturated carbocycles. The van der Waals surface area contributed by atoms with Gasteiger partial charge in [0, 0.05) is 32.7 Å². The second-order valence-electron chi connectivity index (χ2n) is 5.92. The molecule has 0 spiro atoms. The summed E-state index contributed by atoms with van der Waals surface area (Å²) in [5, 5.41) is 2.93. The van der Waals surface area contributed by atoms with Gasteiger partial charge in [0.2, 0.25) is 5.91 Å². The normalized spacial score (nSPS) is 10.4. The Balaban J connectivity index is 1.82. The first-order valence-electron chi connectivity index (χ1n) is 7.73. The van der Waals surface area contributed by atoms with Gasteiger partial charge >= 0.3 is 0 Å². The van der Waals surface area contributed by atoms with Crippen LogP contribution in [0, 0.1) is 12.7 Å². The second-order valence-corrected chi connectivity index (χ2v) is 5.92. The molecule has 0 bridgehead atoms. The molecule has 0 aliphatic rings. The zero-order valence-electron chi connectivity index (χ0n) is 13.9. The first-order valence-corrected chi connectivity index (χ1v) is 7.73. The molecule has 0 heterocycles. The SMILES string of the molecule is Cc1cc(CNC(=O)CCc2ccc(F)cc2)ccc1N(C)C. The average molecular weight is 314 g/mol. The van der Waals surface area contributed by atoms with E-state index in [0.29, 0.717) is 19.4 Å². The second kappa shape index (κ2) is 7.77. The summed E-state index contributed by atoms with van der Waals surface area (Å²) in [5.74, 6) is -0.251. The van der Waals surface area contributed by atoms with Crippen molar-refractivity contribution >= 4 is 11.6 Å². The largest absolute Gasteiger partial charge is 0.377 e. The number of hydrogen-bond donors (Lipinski definition) is 1. The van der Waals surface area contributed by atoms with Gasteiger partial charge in [-0.15, -0.1) is 0 Å². The molecule has 2 rings (SSSR count). The van der Waals surface area contributed by atoms with Crippen molar-refractivity contribution in [1.29, 1.82) is 0 Å².